The van der Waals surface area contributed by atoms with E-state index in [2.05, 4.69) is 32.3 Å². The molecule has 1 fully saturated rings. The summed E-state index contributed by atoms with van der Waals surface area (Å²) in [6.45, 7) is 1.57. The minimum absolute atomic E-state index is 0.0886. The van der Waals surface area contributed by atoms with E-state index in [0.29, 0.717) is 11.7 Å². The summed E-state index contributed by atoms with van der Waals surface area (Å²) in [5.74, 6) is 1.08. The zero-order valence-corrected chi connectivity index (χ0v) is 11.8. The van der Waals surface area contributed by atoms with Crippen LogP contribution in [0.1, 0.15) is 24.3 Å². The number of carbonyl (C=O) groups excluding carboxylic acids is 1. The number of amides is 2. The van der Waals surface area contributed by atoms with Crippen molar-refractivity contribution in [1.29, 1.82) is 0 Å². The number of anilines is 1. The van der Waals surface area contributed by atoms with Crippen molar-refractivity contribution >= 4 is 23.2 Å². The molecule has 2 aromatic heterocycles. The number of piperidine rings is 1. The van der Waals surface area contributed by atoms with Crippen molar-refractivity contribution in [3.63, 3.8) is 0 Å². The number of rotatable bonds is 2. The SMILES string of the molecule is O=C(Nc1cccnn1)N1CCC(c2ccsc2)CC1. The van der Waals surface area contributed by atoms with Gasteiger partial charge in [0.1, 0.15) is 0 Å². The highest BCUT2D eigenvalue weighted by atomic mass is 32.1. The van der Waals surface area contributed by atoms with Crippen LogP contribution in [0.15, 0.2) is 35.2 Å². The first-order valence-electron chi connectivity index (χ1n) is 6.68. The second kappa shape index (κ2) is 6.00. The van der Waals surface area contributed by atoms with Crippen LogP contribution < -0.4 is 5.32 Å². The van der Waals surface area contributed by atoms with Crippen molar-refractivity contribution in [2.75, 3.05) is 18.4 Å². The predicted octanol–water partition coefficient (Wildman–Crippen LogP) is 2.95. The van der Waals surface area contributed by atoms with Gasteiger partial charge in [0.15, 0.2) is 5.82 Å². The Morgan fingerprint density at radius 3 is 2.85 bits per heavy atom. The lowest BCUT2D eigenvalue weighted by Gasteiger charge is -2.31. The summed E-state index contributed by atoms with van der Waals surface area (Å²) in [5, 5.41) is 14.7. The van der Waals surface area contributed by atoms with Crippen LogP contribution in [0.4, 0.5) is 10.6 Å². The maximum Gasteiger partial charge on any atom is 0.323 e. The van der Waals surface area contributed by atoms with E-state index < -0.39 is 0 Å². The molecule has 1 aliphatic heterocycles. The summed E-state index contributed by atoms with van der Waals surface area (Å²) in [7, 11) is 0. The van der Waals surface area contributed by atoms with Gasteiger partial charge in [-0.25, -0.2) is 4.79 Å². The van der Waals surface area contributed by atoms with Gasteiger partial charge in [-0.2, -0.15) is 16.4 Å². The number of hydrogen-bond donors (Lipinski definition) is 1. The maximum atomic E-state index is 12.1. The van der Waals surface area contributed by atoms with Gasteiger partial charge in [0.25, 0.3) is 0 Å². The number of nitrogens with one attached hydrogen (secondary N) is 1. The van der Waals surface area contributed by atoms with Crippen LogP contribution in [-0.4, -0.2) is 34.2 Å². The monoisotopic (exact) mass is 288 g/mol. The van der Waals surface area contributed by atoms with E-state index in [-0.39, 0.29) is 6.03 Å². The van der Waals surface area contributed by atoms with Crippen molar-refractivity contribution in [3.05, 3.63) is 40.7 Å². The van der Waals surface area contributed by atoms with Gasteiger partial charge in [0.2, 0.25) is 0 Å². The summed E-state index contributed by atoms with van der Waals surface area (Å²) < 4.78 is 0. The fourth-order valence-electron chi connectivity index (χ4n) is 2.48. The predicted molar refractivity (Wildman–Crippen MR) is 78.9 cm³/mol. The summed E-state index contributed by atoms with van der Waals surface area (Å²) in [5.41, 5.74) is 1.41. The smallest absolute Gasteiger partial charge is 0.323 e. The molecule has 0 saturated carbocycles. The van der Waals surface area contributed by atoms with Crippen molar-refractivity contribution in [2.45, 2.75) is 18.8 Å². The molecule has 5 nitrogen and oxygen atoms in total. The van der Waals surface area contributed by atoms with Crippen LogP contribution in [0.25, 0.3) is 0 Å². The Hall–Kier alpha value is -1.95. The first kappa shape index (κ1) is 13.1. The van der Waals surface area contributed by atoms with Gasteiger partial charge in [-0.3, -0.25) is 5.32 Å². The molecule has 0 unspecified atom stereocenters. The van der Waals surface area contributed by atoms with Crippen molar-refractivity contribution in [2.24, 2.45) is 0 Å². The maximum absolute atomic E-state index is 12.1. The number of aromatic nitrogens is 2. The van der Waals surface area contributed by atoms with E-state index in [0.717, 1.165) is 25.9 Å². The molecule has 0 spiro atoms. The number of carbonyl (C=O) groups is 1. The molecule has 1 saturated heterocycles. The molecule has 2 amide bonds. The highest BCUT2D eigenvalue weighted by Gasteiger charge is 2.24. The summed E-state index contributed by atoms with van der Waals surface area (Å²) in [4.78, 5) is 14.0. The van der Waals surface area contributed by atoms with Crippen molar-refractivity contribution in [1.82, 2.24) is 15.1 Å². The molecule has 0 radical (unpaired) electrons. The first-order chi connectivity index (χ1) is 9.83. The van der Waals surface area contributed by atoms with Gasteiger partial charge in [-0.1, -0.05) is 0 Å². The fourth-order valence-corrected chi connectivity index (χ4v) is 3.22. The molecule has 0 atom stereocenters. The summed E-state index contributed by atoms with van der Waals surface area (Å²) in [6.07, 6.45) is 3.62. The summed E-state index contributed by atoms with van der Waals surface area (Å²) >= 11 is 1.73. The summed E-state index contributed by atoms with van der Waals surface area (Å²) in [6, 6.07) is 5.59. The number of urea groups is 1. The van der Waals surface area contributed by atoms with E-state index in [1.165, 1.54) is 5.56 Å². The Labute approximate surface area is 121 Å². The van der Waals surface area contributed by atoms with Gasteiger partial charge in [-0.05, 0) is 53.3 Å². The molecule has 2 aromatic rings. The zero-order valence-electron chi connectivity index (χ0n) is 11.0. The molecule has 104 valence electrons. The van der Waals surface area contributed by atoms with Crippen LogP contribution in [0, 0.1) is 0 Å². The minimum Gasteiger partial charge on any atom is -0.324 e. The largest absolute Gasteiger partial charge is 0.324 e. The standard InChI is InChI=1S/C14H16N4OS/c19-14(16-13-2-1-6-15-17-13)18-7-3-11(4-8-18)12-5-9-20-10-12/h1-2,5-6,9-11H,3-4,7-8H2,(H,16,17,19). The van der Waals surface area contributed by atoms with E-state index in [4.69, 9.17) is 0 Å². The fraction of sp³-hybridized carbons (Fsp3) is 0.357. The highest BCUT2D eigenvalue weighted by Crippen LogP contribution is 2.29. The minimum atomic E-state index is -0.0886. The molecule has 3 heterocycles. The Bertz CT molecular complexity index is 550. The second-order valence-electron chi connectivity index (χ2n) is 4.86. The third kappa shape index (κ3) is 2.96. The van der Waals surface area contributed by atoms with E-state index >= 15 is 0 Å². The van der Waals surface area contributed by atoms with Gasteiger partial charge >= 0.3 is 6.03 Å². The molecule has 0 aromatic carbocycles. The van der Waals surface area contributed by atoms with E-state index in [1.54, 1.807) is 29.7 Å². The lowest BCUT2D eigenvalue weighted by atomic mass is 9.91. The average molecular weight is 288 g/mol. The molecular weight excluding hydrogens is 272 g/mol. The number of hydrogen-bond acceptors (Lipinski definition) is 4. The highest BCUT2D eigenvalue weighted by molar-refractivity contribution is 7.07. The quantitative estimate of drug-likeness (QED) is 0.924. The zero-order chi connectivity index (χ0) is 13.8. The Kier molecular flexibility index (Phi) is 3.92. The second-order valence-corrected chi connectivity index (χ2v) is 5.64. The first-order valence-corrected chi connectivity index (χ1v) is 7.63. The molecule has 3 rings (SSSR count). The average Bonchev–Trinajstić information content (AvgIpc) is 3.03. The van der Waals surface area contributed by atoms with Crippen LogP contribution >= 0.6 is 11.3 Å². The van der Waals surface area contributed by atoms with Crippen LogP contribution in [-0.2, 0) is 0 Å². The Balaban J connectivity index is 1.54. The van der Waals surface area contributed by atoms with Gasteiger partial charge < -0.3 is 4.90 Å². The lowest BCUT2D eigenvalue weighted by molar-refractivity contribution is 0.194. The third-order valence-electron chi connectivity index (χ3n) is 3.60. The Morgan fingerprint density at radius 2 is 2.20 bits per heavy atom. The van der Waals surface area contributed by atoms with Crippen molar-refractivity contribution in [3.8, 4) is 0 Å². The molecule has 0 aliphatic carbocycles. The number of nitrogens with zero attached hydrogens (tertiary/aromatic N) is 3. The topological polar surface area (TPSA) is 58.1 Å². The van der Waals surface area contributed by atoms with Gasteiger partial charge in [-0.15, -0.1) is 5.10 Å². The normalized spacial score (nSPS) is 16.1. The number of likely N-dealkylation sites (tertiary alicyclic amines) is 1. The molecule has 1 aliphatic rings. The molecule has 20 heavy (non-hydrogen) atoms. The van der Waals surface area contributed by atoms with Crippen LogP contribution in [0.2, 0.25) is 0 Å². The molecule has 1 N–H and O–H groups in total. The van der Waals surface area contributed by atoms with E-state index in [9.17, 15) is 4.79 Å². The van der Waals surface area contributed by atoms with Crippen molar-refractivity contribution < 1.29 is 4.79 Å². The Morgan fingerprint density at radius 1 is 1.35 bits per heavy atom. The molecular formula is C14H16N4OS. The number of thiophene rings is 1. The molecule has 0 bridgehead atoms. The van der Waals surface area contributed by atoms with Crippen LogP contribution in [0.3, 0.4) is 0 Å². The lowest BCUT2D eigenvalue weighted by Crippen LogP contribution is -2.40. The third-order valence-corrected chi connectivity index (χ3v) is 4.31. The van der Waals surface area contributed by atoms with Gasteiger partial charge in [0.05, 0.1) is 0 Å². The molecule has 6 heteroatoms. The van der Waals surface area contributed by atoms with E-state index in [1.807, 2.05) is 4.90 Å². The van der Waals surface area contributed by atoms with Crippen LogP contribution in [0.5, 0.6) is 0 Å². The van der Waals surface area contributed by atoms with Gasteiger partial charge in [0, 0.05) is 19.3 Å².